The SMILES string of the molecule is CCCCCCCCC=CCCCCCCCC(=O)O.CCCCOC(=O)CCCCCCCCC(=O)OCCCC.N. The van der Waals surface area contributed by atoms with Crippen molar-refractivity contribution in [2.24, 2.45) is 0 Å². The molecule has 0 radical (unpaired) electrons. The van der Waals surface area contributed by atoms with Gasteiger partial charge in [0.15, 0.2) is 0 Å². The predicted molar refractivity (Wildman–Crippen MR) is 181 cm³/mol. The summed E-state index contributed by atoms with van der Waals surface area (Å²) in [6.45, 7) is 7.54. The Labute approximate surface area is 265 Å². The molecule has 0 bridgehead atoms. The van der Waals surface area contributed by atoms with Crippen LogP contribution in [0.4, 0.5) is 0 Å². The van der Waals surface area contributed by atoms with E-state index in [0.29, 0.717) is 32.5 Å². The topological polar surface area (TPSA) is 125 Å². The van der Waals surface area contributed by atoms with Gasteiger partial charge in [0.1, 0.15) is 0 Å². The van der Waals surface area contributed by atoms with Crippen LogP contribution >= 0.6 is 0 Å². The summed E-state index contributed by atoms with van der Waals surface area (Å²) in [4.78, 5) is 33.0. The number of unbranched alkanes of at least 4 members (excludes halogenated alkanes) is 18. The summed E-state index contributed by atoms with van der Waals surface area (Å²) >= 11 is 0. The zero-order chi connectivity index (χ0) is 31.4. The quantitative estimate of drug-likeness (QED) is 0.0469. The molecule has 0 atom stereocenters. The first-order valence-electron chi connectivity index (χ1n) is 17.7. The van der Waals surface area contributed by atoms with Crippen LogP contribution in [0.2, 0.25) is 0 Å². The molecule has 0 spiro atoms. The first-order valence-corrected chi connectivity index (χ1v) is 17.7. The second kappa shape index (κ2) is 40.1. The van der Waals surface area contributed by atoms with E-state index in [1.807, 2.05) is 0 Å². The molecule has 0 rings (SSSR count). The van der Waals surface area contributed by atoms with Crippen molar-refractivity contribution >= 4 is 17.9 Å². The Kier molecular flexibility index (Phi) is 42.5. The third-order valence-electron chi connectivity index (χ3n) is 7.19. The number of carbonyl (C=O) groups is 3. The van der Waals surface area contributed by atoms with E-state index in [1.54, 1.807) is 0 Å². The lowest BCUT2D eigenvalue weighted by Crippen LogP contribution is -2.05. The standard InChI is InChI=1S/C18H34O4.C18H34O2.H3N/c1-3-5-15-21-17(19)13-11-9-7-8-10-12-14-18(20)22-16-6-4-2;1-2-3-4-5-6-7-8-9-10-11-12-13-14-15-16-17-18(19)20;/h3-16H2,1-2H3;9-10H,2-8,11-17H2,1H3,(H,19,20);1H3. The Balaban J connectivity index is -0.000000730. The normalized spacial score (nSPS) is 10.6. The maximum absolute atomic E-state index is 11.4. The summed E-state index contributed by atoms with van der Waals surface area (Å²) in [5, 5.41) is 8.51. The van der Waals surface area contributed by atoms with Crippen molar-refractivity contribution < 1.29 is 29.0 Å². The van der Waals surface area contributed by atoms with Crippen molar-refractivity contribution in [1.82, 2.24) is 6.15 Å². The number of aliphatic carboxylic acids is 1. The number of carboxylic acids is 1. The zero-order valence-electron chi connectivity index (χ0n) is 28.6. The molecular formula is C36H71NO6. The minimum absolute atomic E-state index is 0. The third-order valence-corrected chi connectivity index (χ3v) is 7.19. The van der Waals surface area contributed by atoms with Crippen molar-refractivity contribution in [2.75, 3.05) is 13.2 Å². The highest BCUT2D eigenvalue weighted by atomic mass is 16.5. The van der Waals surface area contributed by atoms with E-state index in [9.17, 15) is 14.4 Å². The molecule has 0 aromatic carbocycles. The molecule has 0 aliphatic rings. The maximum Gasteiger partial charge on any atom is 0.305 e. The maximum atomic E-state index is 11.4. The average Bonchev–Trinajstić information content (AvgIpc) is 2.97. The number of ether oxygens (including phenoxy) is 2. The molecule has 0 aromatic rings. The molecular weight excluding hydrogens is 542 g/mol. The van der Waals surface area contributed by atoms with Gasteiger partial charge in [0.05, 0.1) is 13.2 Å². The van der Waals surface area contributed by atoms with Gasteiger partial charge in [-0.3, -0.25) is 14.4 Å². The van der Waals surface area contributed by atoms with Crippen molar-refractivity contribution in [3.05, 3.63) is 12.2 Å². The van der Waals surface area contributed by atoms with Gasteiger partial charge in [0, 0.05) is 19.3 Å². The lowest BCUT2D eigenvalue weighted by atomic mass is 10.1. The van der Waals surface area contributed by atoms with Gasteiger partial charge in [-0.25, -0.2) is 0 Å². The van der Waals surface area contributed by atoms with Crippen LogP contribution in [-0.4, -0.2) is 36.2 Å². The summed E-state index contributed by atoms with van der Waals surface area (Å²) in [5.74, 6) is -0.797. The van der Waals surface area contributed by atoms with Gasteiger partial charge >= 0.3 is 17.9 Å². The minimum Gasteiger partial charge on any atom is -0.481 e. The van der Waals surface area contributed by atoms with Crippen molar-refractivity contribution in [2.45, 2.75) is 188 Å². The monoisotopic (exact) mass is 614 g/mol. The highest BCUT2D eigenvalue weighted by molar-refractivity contribution is 5.69. The zero-order valence-corrected chi connectivity index (χ0v) is 28.6. The van der Waals surface area contributed by atoms with Crippen molar-refractivity contribution in [3.8, 4) is 0 Å². The number of hydrogen-bond donors (Lipinski definition) is 2. The van der Waals surface area contributed by atoms with E-state index in [0.717, 1.165) is 77.0 Å². The van der Waals surface area contributed by atoms with E-state index in [2.05, 4.69) is 32.9 Å². The summed E-state index contributed by atoms with van der Waals surface area (Å²) in [7, 11) is 0. The summed E-state index contributed by atoms with van der Waals surface area (Å²) in [6.07, 6.45) is 32.5. The van der Waals surface area contributed by atoms with E-state index in [4.69, 9.17) is 14.6 Å². The van der Waals surface area contributed by atoms with Gasteiger partial charge < -0.3 is 20.7 Å². The number of hydrogen-bond acceptors (Lipinski definition) is 6. The highest BCUT2D eigenvalue weighted by Crippen LogP contribution is 2.11. The molecule has 0 fully saturated rings. The average molecular weight is 614 g/mol. The smallest absolute Gasteiger partial charge is 0.305 e. The highest BCUT2D eigenvalue weighted by Gasteiger charge is 2.04. The van der Waals surface area contributed by atoms with Crippen LogP contribution in [0.1, 0.15) is 188 Å². The van der Waals surface area contributed by atoms with Gasteiger partial charge in [-0.1, -0.05) is 123 Å². The summed E-state index contributed by atoms with van der Waals surface area (Å²) in [5.41, 5.74) is 0. The van der Waals surface area contributed by atoms with Crippen LogP contribution < -0.4 is 6.15 Å². The largest absolute Gasteiger partial charge is 0.481 e. The molecule has 7 nitrogen and oxygen atoms in total. The molecule has 0 amide bonds. The van der Waals surface area contributed by atoms with Crippen molar-refractivity contribution in [1.29, 1.82) is 0 Å². The molecule has 7 heteroatoms. The number of rotatable bonds is 30. The first kappa shape index (κ1) is 45.5. The Morgan fingerprint density at radius 3 is 1.16 bits per heavy atom. The fraction of sp³-hybridized carbons (Fsp3) is 0.861. The predicted octanol–water partition coefficient (Wildman–Crippen LogP) is 11.1. The summed E-state index contributed by atoms with van der Waals surface area (Å²) < 4.78 is 10.2. The van der Waals surface area contributed by atoms with Crippen LogP contribution in [0.25, 0.3) is 0 Å². The third kappa shape index (κ3) is 44.7. The molecule has 0 saturated carbocycles. The Bertz CT molecular complexity index is 595. The number of allylic oxidation sites excluding steroid dienone is 2. The Morgan fingerprint density at radius 2 is 0.791 bits per heavy atom. The van der Waals surface area contributed by atoms with E-state index in [-0.39, 0.29) is 18.1 Å². The van der Waals surface area contributed by atoms with Crippen molar-refractivity contribution in [3.63, 3.8) is 0 Å². The van der Waals surface area contributed by atoms with Crippen LogP contribution in [0.3, 0.4) is 0 Å². The molecule has 0 saturated heterocycles. The molecule has 0 heterocycles. The second-order valence-electron chi connectivity index (χ2n) is 11.5. The summed E-state index contributed by atoms with van der Waals surface area (Å²) in [6, 6.07) is 0. The molecule has 0 aromatic heterocycles. The van der Waals surface area contributed by atoms with E-state index < -0.39 is 5.97 Å². The van der Waals surface area contributed by atoms with Gasteiger partial charge in [0.25, 0.3) is 0 Å². The molecule has 43 heavy (non-hydrogen) atoms. The van der Waals surface area contributed by atoms with Gasteiger partial charge in [-0.05, 0) is 57.8 Å². The fourth-order valence-electron chi connectivity index (χ4n) is 4.40. The Morgan fingerprint density at radius 1 is 0.465 bits per heavy atom. The van der Waals surface area contributed by atoms with Gasteiger partial charge in [-0.2, -0.15) is 0 Å². The van der Waals surface area contributed by atoms with E-state index >= 15 is 0 Å². The molecule has 0 unspecified atom stereocenters. The number of carbonyl (C=O) groups excluding carboxylic acids is 2. The minimum atomic E-state index is -0.664. The lowest BCUT2D eigenvalue weighted by Gasteiger charge is -2.05. The number of carboxylic acid groups (broad SMARTS) is 1. The van der Waals surface area contributed by atoms with Gasteiger partial charge in [-0.15, -0.1) is 0 Å². The Hall–Kier alpha value is -1.89. The number of esters is 2. The van der Waals surface area contributed by atoms with Crippen LogP contribution in [0.5, 0.6) is 0 Å². The van der Waals surface area contributed by atoms with Crippen LogP contribution in [0.15, 0.2) is 12.2 Å². The van der Waals surface area contributed by atoms with E-state index in [1.165, 1.54) is 70.6 Å². The van der Waals surface area contributed by atoms with Gasteiger partial charge in [0.2, 0.25) is 0 Å². The molecule has 4 N–H and O–H groups in total. The lowest BCUT2D eigenvalue weighted by molar-refractivity contribution is -0.144. The first-order chi connectivity index (χ1) is 20.5. The van der Waals surface area contributed by atoms with Crippen LogP contribution in [-0.2, 0) is 23.9 Å². The fourth-order valence-corrected chi connectivity index (χ4v) is 4.40. The molecule has 0 aliphatic carbocycles. The van der Waals surface area contributed by atoms with Crippen LogP contribution in [0, 0.1) is 0 Å². The second-order valence-corrected chi connectivity index (χ2v) is 11.5. The molecule has 256 valence electrons. The molecule has 0 aliphatic heterocycles.